The van der Waals surface area contributed by atoms with Gasteiger partial charge in [0, 0.05) is 22.3 Å². The normalized spacial score (nSPS) is 17.5. The number of hydrogen-bond donors (Lipinski definition) is 0. The number of ether oxygens (including phenoxy) is 3. The molecule has 1 aliphatic carbocycles. The highest BCUT2D eigenvalue weighted by Gasteiger charge is 2.42. The second-order valence-corrected chi connectivity index (χ2v) is 14.7. The van der Waals surface area contributed by atoms with Crippen LogP contribution < -0.4 is 9.47 Å². The molecule has 0 fully saturated rings. The van der Waals surface area contributed by atoms with Crippen molar-refractivity contribution in [2.75, 3.05) is 13.2 Å². The zero-order chi connectivity index (χ0) is 29.3. The largest absolute Gasteiger partial charge is 0.489 e. The van der Waals surface area contributed by atoms with E-state index in [-0.39, 0.29) is 27.4 Å². The van der Waals surface area contributed by atoms with Gasteiger partial charge in [-0.25, -0.2) is 0 Å². The van der Waals surface area contributed by atoms with Gasteiger partial charge in [0.15, 0.2) is 17.3 Å². The van der Waals surface area contributed by atoms with Crippen LogP contribution in [0.25, 0.3) is 0 Å². The Balaban J connectivity index is 2.94. The first-order valence-electron chi connectivity index (χ1n) is 14.4. The molecule has 1 unspecified atom stereocenters. The van der Waals surface area contributed by atoms with Crippen molar-refractivity contribution in [1.82, 2.24) is 0 Å². The average Bonchev–Trinajstić information content (AvgIpc) is 2.74. The van der Waals surface area contributed by atoms with E-state index >= 15 is 0 Å². The summed E-state index contributed by atoms with van der Waals surface area (Å²) in [6.45, 7) is 31.1. The van der Waals surface area contributed by atoms with Crippen LogP contribution in [0.3, 0.4) is 0 Å². The predicted molar refractivity (Wildman–Crippen MR) is 159 cm³/mol. The molecule has 4 nitrogen and oxygen atoms in total. The summed E-state index contributed by atoms with van der Waals surface area (Å²) in [6, 6.07) is 4.38. The highest BCUT2D eigenvalue weighted by molar-refractivity contribution is 6.09. The van der Waals surface area contributed by atoms with Crippen LogP contribution in [0.1, 0.15) is 121 Å². The van der Waals surface area contributed by atoms with Crippen molar-refractivity contribution in [2.24, 2.45) is 10.8 Å². The van der Waals surface area contributed by atoms with Gasteiger partial charge < -0.3 is 14.2 Å². The Kier molecular flexibility index (Phi) is 9.66. The molecule has 0 radical (unpaired) electrons. The van der Waals surface area contributed by atoms with Crippen LogP contribution in [0, 0.1) is 10.8 Å². The van der Waals surface area contributed by atoms with Gasteiger partial charge >= 0.3 is 0 Å². The quantitative estimate of drug-likeness (QED) is 0.339. The minimum absolute atomic E-state index is 0.0299. The van der Waals surface area contributed by atoms with E-state index in [4.69, 9.17) is 14.2 Å². The lowest BCUT2D eigenvalue weighted by Gasteiger charge is -2.38. The molecule has 0 saturated carbocycles. The number of benzene rings is 1. The monoisotopic (exact) mass is 526 g/mol. The fourth-order valence-electron chi connectivity index (χ4n) is 4.82. The van der Waals surface area contributed by atoms with Gasteiger partial charge in [0.25, 0.3) is 0 Å². The van der Waals surface area contributed by atoms with E-state index in [1.165, 1.54) is 0 Å². The maximum absolute atomic E-state index is 13.8. The molecule has 0 spiro atoms. The average molecular weight is 527 g/mol. The number of hydrogen-bond acceptors (Lipinski definition) is 4. The van der Waals surface area contributed by atoms with E-state index < -0.39 is 6.10 Å². The van der Waals surface area contributed by atoms with Crippen LogP contribution in [0.4, 0.5) is 0 Å². The summed E-state index contributed by atoms with van der Waals surface area (Å²) in [6.07, 6.45) is 3.29. The van der Waals surface area contributed by atoms with Crippen molar-refractivity contribution in [3.63, 3.8) is 0 Å². The van der Waals surface area contributed by atoms with Gasteiger partial charge in [-0.05, 0) is 40.6 Å². The van der Waals surface area contributed by atoms with Crippen molar-refractivity contribution in [3.8, 4) is 11.5 Å². The molecule has 0 amide bonds. The standard InChI is InChI=1S/C34H54O4/c1-15-19-36-28-22(31(3,4)5)17-18-23(32(6,7)8)29(28)38-25-21-24(33(9,10)11)27(35)30(37-20-16-2)26(25)34(12,13)14/h17-18,21,25H,15-16,19-20H2,1-14H3. The number of ketones is 1. The third kappa shape index (κ3) is 7.24. The van der Waals surface area contributed by atoms with Gasteiger partial charge in [0.1, 0.15) is 6.10 Å². The molecule has 1 aliphatic rings. The Morgan fingerprint density at radius 3 is 1.55 bits per heavy atom. The van der Waals surface area contributed by atoms with E-state index in [0.29, 0.717) is 19.0 Å². The minimum Gasteiger partial charge on any atom is -0.489 e. The number of carbonyl (C=O) groups is 1. The Bertz CT molecular complexity index is 1060. The number of rotatable bonds is 8. The first-order chi connectivity index (χ1) is 17.2. The summed E-state index contributed by atoms with van der Waals surface area (Å²) >= 11 is 0. The predicted octanol–water partition coefficient (Wildman–Crippen LogP) is 9.10. The van der Waals surface area contributed by atoms with E-state index in [0.717, 1.165) is 46.6 Å². The van der Waals surface area contributed by atoms with Crippen LogP contribution in [0.2, 0.25) is 0 Å². The molecule has 4 heteroatoms. The third-order valence-electron chi connectivity index (χ3n) is 6.79. The molecular formula is C34H54O4. The van der Waals surface area contributed by atoms with Crippen LogP contribution in [-0.4, -0.2) is 25.1 Å². The van der Waals surface area contributed by atoms with E-state index in [2.05, 4.69) is 109 Å². The third-order valence-corrected chi connectivity index (χ3v) is 6.79. The zero-order valence-corrected chi connectivity index (χ0v) is 26.8. The molecule has 1 atom stereocenters. The molecule has 38 heavy (non-hydrogen) atoms. The van der Waals surface area contributed by atoms with Crippen molar-refractivity contribution in [2.45, 2.75) is 127 Å². The van der Waals surface area contributed by atoms with E-state index in [1.807, 2.05) is 6.08 Å². The fourth-order valence-corrected chi connectivity index (χ4v) is 4.82. The Morgan fingerprint density at radius 1 is 0.658 bits per heavy atom. The summed E-state index contributed by atoms with van der Waals surface area (Å²) in [4.78, 5) is 13.8. The SMILES string of the molecule is CCCOC1=C(C(C)(C)C)C(Oc2c(C(C)(C)C)ccc(C(C)(C)C)c2OCCC)C=C(C(C)(C)C)C1=O. The second-order valence-electron chi connectivity index (χ2n) is 14.7. The lowest BCUT2D eigenvalue weighted by molar-refractivity contribution is -0.117. The minimum atomic E-state index is -0.464. The van der Waals surface area contributed by atoms with Crippen LogP contribution in [0.5, 0.6) is 11.5 Å². The lowest BCUT2D eigenvalue weighted by Crippen LogP contribution is -2.37. The zero-order valence-electron chi connectivity index (χ0n) is 26.8. The molecule has 0 heterocycles. The summed E-state index contributed by atoms with van der Waals surface area (Å²) < 4.78 is 19.8. The van der Waals surface area contributed by atoms with Crippen molar-refractivity contribution >= 4 is 5.78 Å². The molecular weight excluding hydrogens is 472 g/mol. The van der Waals surface area contributed by atoms with Crippen LogP contribution in [0.15, 0.2) is 35.1 Å². The summed E-state index contributed by atoms with van der Waals surface area (Å²) in [5, 5.41) is 0. The first-order valence-corrected chi connectivity index (χ1v) is 14.4. The molecule has 2 rings (SSSR count). The van der Waals surface area contributed by atoms with Gasteiger partial charge in [-0.15, -0.1) is 0 Å². The Hall–Kier alpha value is -2.23. The van der Waals surface area contributed by atoms with Gasteiger partial charge in [-0.3, -0.25) is 4.79 Å². The Labute approximate surface area is 233 Å². The number of carbonyl (C=O) groups excluding carboxylic acids is 1. The van der Waals surface area contributed by atoms with Crippen molar-refractivity contribution in [3.05, 3.63) is 46.2 Å². The molecule has 1 aromatic rings. The van der Waals surface area contributed by atoms with Gasteiger partial charge in [-0.1, -0.05) is 109 Å². The van der Waals surface area contributed by atoms with Crippen molar-refractivity contribution in [1.29, 1.82) is 0 Å². The summed E-state index contributed by atoms with van der Waals surface area (Å²) in [5.41, 5.74) is 2.79. The molecule has 0 aliphatic heterocycles. The van der Waals surface area contributed by atoms with Gasteiger partial charge in [-0.2, -0.15) is 0 Å². The molecule has 0 N–H and O–H groups in total. The van der Waals surface area contributed by atoms with E-state index in [1.54, 1.807) is 0 Å². The van der Waals surface area contributed by atoms with Gasteiger partial charge in [0.2, 0.25) is 5.78 Å². The van der Waals surface area contributed by atoms with Crippen LogP contribution in [-0.2, 0) is 20.4 Å². The molecule has 0 aromatic heterocycles. The van der Waals surface area contributed by atoms with Gasteiger partial charge in [0.05, 0.1) is 13.2 Å². The van der Waals surface area contributed by atoms with Crippen molar-refractivity contribution < 1.29 is 19.0 Å². The summed E-state index contributed by atoms with van der Waals surface area (Å²) in [7, 11) is 0. The van der Waals surface area contributed by atoms with Crippen LogP contribution >= 0.6 is 0 Å². The maximum atomic E-state index is 13.8. The number of allylic oxidation sites excluding steroid dienone is 1. The first kappa shape index (κ1) is 32.0. The highest BCUT2D eigenvalue weighted by atomic mass is 16.5. The molecule has 1 aromatic carbocycles. The smallest absolute Gasteiger partial charge is 0.224 e. The molecule has 0 saturated heterocycles. The summed E-state index contributed by atoms with van der Waals surface area (Å²) in [5.74, 6) is 1.98. The topological polar surface area (TPSA) is 44.8 Å². The molecule has 214 valence electrons. The Morgan fingerprint density at radius 2 is 1.13 bits per heavy atom. The number of Topliss-reactive ketones (excluding diaryl/α,β-unsaturated/α-hetero) is 1. The van der Waals surface area contributed by atoms with E-state index in [9.17, 15) is 4.79 Å². The lowest BCUT2D eigenvalue weighted by atomic mass is 9.73. The highest BCUT2D eigenvalue weighted by Crippen LogP contribution is 2.48. The molecule has 0 bridgehead atoms. The second kappa shape index (κ2) is 11.5. The fraction of sp³-hybridized carbons (Fsp3) is 0.676. The maximum Gasteiger partial charge on any atom is 0.224 e.